The zero-order valence-electron chi connectivity index (χ0n) is 6.97. The first-order valence-corrected chi connectivity index (χ1v) is 4.92. The minimum Gasteiger partial charge on any atom is -0.497 e. The molecule has 1 aromatic carbocycles. The first-order chi connectivity index (χ1) is 5.65. The molecule has 0 bridgehead atoms. The van der Waals surface area contributed by atoms with Crippen LogP contribution in [-0.2, 0) is 0 Å². The van der Waals surface area contributed by atoms with Gasteiger partial charge in [0.05, 0.1) is 7.11 Å². The monoisotopic (exact) mass is 248 g/mol. The topological polar surface area (TPSA) is 9.23 Å². The number of benzene rings is 1. The van der Waals surface area contributed by atoms with E-state index < -0.39 is 0 Å². The maximum Gasteiger partial charge on any atom is 0.120 e. The second kappa shape index (κ2) is 4.15. The number of hydrogen-bond acceptors (Lipinski definition) is 1. The fraction of sp³-hybridized carbons (Fsp3) is 0.333. The molecule has 0 aliphatic rings. The smallest absolute Gasteiger partial charge is 0.120 e. The molecule has 66 valence electrons. The number of halogens is 2. The van der Waals surface area contributed by atoms with Crippen LogP contribution in [-0.4, -0.2) is 7.11 Å². The summed E-state index contributed by atoms with van der Waals surface area (Å²) in [4.78, 5) is 0.274. The Balaban J connectivity index is 3.03. The fourth-order valence-electron chi connectivity index (χ4n) is 0.957. The lowest BCUT2D eigenvalue weighted by Crippen LogP contribution is -1.87. The normalized spacial score (nSPS) is 12.7. The molecule has 1 unspecified atom stereocenters. The zero-order chi connectivity index (χ0) is 9.14. The molecule has 0 aromatic heterocycles. The van der Waals surface area contributed by atoms with E-state index in [1.807, 2.05) is 25.1 Å². The van der Waals surface area contributed by atoms with Gasteiger partial charge in [-0.05, 0) is 24.6 Å². The number of methoxy groups -OCH3 is 1. The molecule has 0 radical (unpaired) electrons. The van der Waals surface area contributed by atoms with Gasteiger partial charge in [-0.3, -0.25) is 0 Å². The Morgan fingerprint density at radius 2 is 2.17 bits per heavy atom. The maximum atomic E-state index is 5.99. The number of ether oxygens (including phenoxy) is 1. The molecule has 0 fully saturated rings. The van der Waals surface area contributed by atoms with Crippen molar-refractivity contribution >= 4 is 27.5 Å². The van der Waals surface area contributed by atoms with Gasteiger partial charge in [0, 0.05) is 9.85 Å². The highest BCUT2D eigenvalue weighted by atomic mass is 79.9. The SMILES string of the molecule is COc1ccc(C(C)Br)c(Cl)c1. The third-order valence-electron chi connectivity index (χ3n) is 1.64. The van der Waals surface area contributed by atoms with Crippen LogP contribution in [0.1, 0.15) is 17.3 Å². The summed E-state index contributed by atoms with van der Waals surface area (Å²) in [6.45, 7) is 2.04. The van der Waals surface area contributed by atoms with Crippen LogP contribution in [0.4, 0.5) is 0 Å². The van der Waals surface area contributed by atoms with E-state index in [1.54, 1.807) is 7.11 Å². The Bertz CT molecular complexity index is 273. The van der Waals surface area contributed by atoms with Gasteiger partial charge in [-0.25, -0.2) is 0 Å². The van der Waals surface area contributed by atoms with Gasteiger partial charge in [-0.2, -0.15) is 0 Å². The molecule has 12 heavy (non-hydrogen) atoms. The fourth-order valence-corrected chi connectivity index (χ4v) is 1.82. The summed E-state index contributed by atoms with van der Waals surface area (Å²) < 4.78 is 5.03. The number of alkyl halides is 1. The maximum absolute atomic E-state index is 5.99. The molecule has 0 heterocycles. The van der Waals surface area contributed by atoms with Gasteiger partial charge < -0.3 is 4.74 Å². The molecule has 0 aliphatic heterocycles. The van der Waals surface area contributed by atoms with Crippen molar-refractivity contribution in [2.75, 3.05) is 7.11 Å². The molecule has 0 amide bonds. The molecule has 1 atom stereocenters. The van der Waals surface area contributed by atoms with Crippen molar-refractivity contribution in [3.8, 4) is 5.75 Å². The van der Waals surface area contributed by atoms with Gasteiger partial charge in [0.1, 0.15) is 5.75 Å². The Hall–Kier alpha value is -0.210. The van der Waals surface area contributed by atoms with Crippen molar-refractivity contribution in [3.05, 3.63) is 28.8 Å². The van der Waals surface area contributed by atoms with Crippen molar-refractivity contribution in [2.24, 2.45) is 0 Å². The molecular formula is C9H10BrClO. The van der Waals surface area contributed by atoms with Gasteiger partial charge in [-0.15, -0.1) is 0 Å². The van der Waals surface area contributed by atoms with Crippen LogP contribution in [0, 0.1) is 0 Å². The summed E-state index contributed by atoms with van der Waals surface area (Å²) in [6.07, 6.45) is 0. The zero-order valence-corrected chi connectivity index (χ0v) is 9.32. The Morgan fingerprint density at radius 1 is 1.50 bits per heavy atom. The van der Waals surface area contributed by atoms with Crippen LogP contribution in [0.15, 0.2) is 18.2 Å². The standard InChI is InChI=1S/C9H10BrClO/c1-6(10)8-4-3-7(12-2)5-9(8)11/h3-6H,1-2H3. The quantitative estimate of drug-likeness (QED) is 0.724. The third-order valence-corrected chi connectivity index (χ3v) is 2.46. The van der Waals surface area contributed by atoms with Gasteiger partial charge in [-0.1, -0.05) is 33.6 Å². The van der Waals surface area contributed by atoms with Crippen molar-refractivity contribution in [1.82, 2.24) is 0 Å². The Morgan fingerprint density at radius 3 is 2.58 bits per heavy atom. The molecule has 0 saturated carbocycles. The predicted octanol–water partition coefficient (Wildman–Crippen LogP) is 3.80. The van der Waals surface area contributed by atoms with E-state index >= 15 is 0 Å². The van der Waals surface area contributed by atoms with E-state index in [1.165, 1.54) is 0 Å². The predicted molar refractivity (Wildman–Crippen MR) is 55.3 cm³/mol. The first-order valence-electron chi connectivity index (χ1n) is 3.62. The summed E-state index contributed by atoms with van der Waals surface area (Å²) in [6, 6.07) is 5.67. The van der Waals surface area contributed by atoms with Crippen molar-refractivity contribution in [1.29, 1.82) is 0 Å². The number of rotatable bonds is 2. The lowest BCUT2D eigenvalue weighted by Gasteiger charge is -2.07. The lowest BCUT2D eigenvalue weighted by molar-refractivity contribution is 0.414. The van der Waals surface area contributed by atoms with Gasteiger partial charge in [0.2, 0.25) is 0 Å². The van der Waals surface area contributed by atoms with Crippen LogP contribution in [0.3, 0.4) is 0 Å². The summed E-state index contributed by atoms with van der Waals surface area (Å²) in [5.41, 5.74) is 1.08. The summed E-state index contributed by atoms with van der Waals surface area (Å²) >= 11 is 9.45. The second-order valence-corrected chi connectivity index (χ2v) is 4.28. The molecule has 3 heteroatoms. The lowest BCUT2D eigenvalue weighted by atomic mass is 10.2. The Labute approximate surface area is 85.8 Å². The average Bonchev–Trinajstić information content (AvgIpc) is 2.03. The summed E-state index contributed by atoms with van der Waals surface area (Å²) in [5.74, 6) is 0.789. The largest absolute Gasteiger partial charge is 0.497 e. The van der Waals surface area contributed by atoms with E-state index in [0.29, 0.717) is 0 Å². The molecular weight excluding hydrogens is 239 g/mol. The third kappa shape index (κ3) is 2.14. The minimum atomic E-state index is 0.274. The van der Waals surface area contributed by atoms with Crippen LogP contribution in [0.2, 0.25) is 5.02 Å². The second-order valence-electron chi connectivity index (χ2n) is 2.50. The summed E-state index contributed by atoms with van der Waals surface area (Å²) in [5, 5.41) is 0.735. The summed E-state index contributed by atoms with van der Waals surface area (Å²) in [7, 11) is 1.63. The number of hydrogen-bond donors (Lipinski definition) is 0. The van der Waals surface area contributed by atoms with Crippen LogP contribution >= 0.6 is 27.5 Å². The van der Waals surface area contributed by atoms with E-state index in [4.69, 9.17) is 16.3 Å². The van der Waals surface area contributed by atoms with E-state index in [-0.39, 0.29) is 4.83 Å². The molecule has 1 aromatic rings. The Kier molecular flexibility index (Phi) is 3.41. The van der Waals surface area contributed by atoms with E-state index in [2.05, 4.69) is 15.9 Å². The van der Waals surface area contributed by atoms with Crippen LogP contribution in [0.25, 0.3) is 0 Å². The minimum absolute atomic E-state index is 0.274. The highest BCUT2D eigenvalue weighted by molar-refractivity contribution is 9.09. The first kappa shape index (κ1) is 9.87. The van der Waals surface area contributed by atoms with Crippen LogP contribution in [0.5, 0.6) is 5.75 Å². The van der Waals surface area contributed by atoms with E-state index in [9.17, 15) is 0 Å². The van der Waals surface area contributed by atoms with Crippen molar-refractivity contribution < 1.29 is 4.74 Å². The molecule has 0 saturated heterocycles. The molecule has 1 nitrogen and oxygen atoms in total. The van der Waals surface area contributed by atoms with Gasteiger partial charge in [0.15, 0.2) is 0 Å². The van der Waals surface area contributed by atoms with Crippen LogP contribution < -0.4 is 4.74 Å². The van der Waals surface area contributed by atoms with Crippen molar-refractivity contribution in [3.63, 3.8) is 0 Å². The highest BCUT2D eigenvalue weighted by Gasteiger charge is 2.06. The molecule has 1 rings (SSSR count). The van der Waals surface area contributed by atoms with Gasteiger partial charge in [0.25, 0.3) is 0 Å². The average molecular weight is 250 g/mol. The molecule has 0 aliphatic carbocycles. The van der Waals surface area contributed by atoms with E-state index in [0.717, 1.165) is 16.3 Å². The van der Waals surface area contributed by atoms with Crippen molar-refractivity contribution in [2.45, 2.75) is 11.8 Å². The molecule has 0 spiro atoms. The molecule has 0 N–H and O–H groups in total. The van der Waals surface area contributed by atoms with Gasteiger partial charge >= 0.3 is 0 Å². The highest BCUT2D eigenvalue weighted by Crippen LogP contribution is 2.31.